The molecule has 0 radical (unpaired) electrons. The number of anilines is 2. The Morgan fingerprint density at radius 1 is 1.09 bits per heavy atom. The fraction of sp³-hybridized carbons (Fsp3) is 0.280. The van der Waals surface area contributed by atoms with Crippen LogP contribution in [0.3, 0.4) is 0 Å². The largest absolute Gasteiger partial charge is 0.355 e. The lowest BCUT2D eigenvalue weighted by molar-refractivity contribution is 0.0612. The standard InChI is InChI=1S/C25H24N6OS/c32-23(21-4-3-11-30(21)14-18-6-9-26-10-7-18)29-24-28-20(15-33-24)19-12-25(13-19)16-31(17-25)22-5-1-2-8-27-22/h1-11,15,19H,12-14,16-17H2,(H,28,29,32). The van der Waals surface area contributed by atoms with Gasteiger partial charge in [0, 0.05) is 61.1 Å². The first-order chi connectivity index (χ1) is 16.2. The van der Waals surface area contributed by atoms with Crippen LogP contribution in [0.25, 0.3) is 0 Å². The molecule has 1 spiro atoms. The van der Waals surface area contributed by atoms with Crippen molar-refractivity contribution in [3.8, 4) is 0 Å². The second-order valence-electron chi connectivity index (χ2n) is 9.06. The highest BCUT2D eigenvalue weighted by Gasteiger charge is 2.53. The van der Waals surface area contributed by atoms with Crippen LogP contribution in [0.5, 0.6) is 0 Å². The van der Waals surface area contributed by atoms with Gasteiger partial charge in [-0.1, -0.05) is 6.07 Å². The average molecular weight is 457 g/mol. The monoisotopic (exact) mass is 456 g/mol. The number of hydrogen-bond acceptors (Lipinski definition) is 6. The molecule has 4 aromatic heterocycles. The molecule has 0 aromatic carbocycles. The van der Waals surface area contributed by atoms with Gasteiger partial charge in [-0.25, -0.2) is 9.97 Å². The summed E-state index contributed by atoms with van der Waals surface area (Å²) in [5, 5.41) is 5.75. The maximum Gasteiger partial charge on any atom is 0.274 e. The molecule has 0 unspecified atom stereocenters. The van der Waals surface area contributed by atoms with E-state index < -0.39 is 0 Å². The van der Waals surface area contributed by atoms with Gasteiger partial charge in [-0.15, -0.1) is 11.3 Å². The number of hydrogen-bond donors (Lipinski definition) is 1. The molecular formula is C25H24N6OS. The van der Waals surface area contributed by atoms with E-state index in [4.69, 9.17) is 4.98 Å². The van der Waals surface area contributed by atoms with Crippen molar-refractivity contribution in [1.29, 1.82) is 0 Å². The van der Waals surface area contributed by atoms with Crippen LogP contribution in [0.1, 0.15) is 40.5 Å². The molecule has 33 heavy (non-hydrogen) atoms. The van der Waals surface area contributed by atoms with Crippen molar-refractivity contribution in [2.24, 2.45) is 5.41 Å². The summed E-state index contributed by atoms with van der Waals surface area (Å²) in [7, 11) is 0. The zero-order chi connectivity index (χ0) is 22.3. The van der Waals surface area contributed by atoms with E-state index in [1.807, 2.05) is 53.4 Å². The average Bonchev–Trinajstić information content (AvgIpc) is 3.43. The highest BCUT2D eigenvalue weighted by molar-refractivity contribution is 7.14. The first kappa shape index (κ1) is 20.1. The van der Waals surface area contributed by atoms with Gasteiger partial charge in [0.2, 0.25) is 0 Å². The molecule has 4 aromatic rings. The number of carbonyl (C=O) groups excluding carboxylic acids is 1. The maximum atomic E-state index is 12.9. The molecule has 2 aliphatic rings. The first-order valence-corrected chi connectivity index (χ1v) is 12.0. The van der Waals surface area contributed by atoms with Crippen LogP contribution < -0.4 is 10.2 Å². The zero-order valence-electron chi connectivity index (χ0n) is 18.1. The Kier molecular flexibility index (Phi) is 4.95. The van der Waals surface area contributed by atoms with Gasteiger partial charge < -0.3 is 9.47 Å². The van der Waals surface area contributed by atoms with Gasteiger partial charge >= 0.3 is 0 Å². The normalized spacial score (nSPS) is 16.9. The lowest BCUT2D eigenvalue weighted by Gasteiger charge is -2.59. The van der Waals surface area contributed by atoms with Gasteiger partial charge in [-0.3, -0.25) is 15.1 Å². The molecular weight excluding hydrogens is 432 g/mol. The van der Waals surface area contributed by atoms with Crippen molar-refractivity contribution >= 4 is 28.2 Å². The molecule has 1 aliphatic carbocycles. The molecule has 1 N–H and O–H groups in total. The third-order valence-corrected chi connectivity index (χ3v) is 7.49. The van der Waals surface area contributed by atoms with Crippen molar-refractivity contribution in [1.82, 2.24) is 19.5 Å². The van der Waals surface area contributed by atoms with Crippen LogP contribution in [0.15, 0.2) is 72.6 Å². The van der Waals surface area contributed by atoms with Crippen molar-refractivity contribution in [2.45, 2.75) is 25.3 Å². The summed E-state index contributed by atoms with van der Waals surface area (Å²) in [5.74, 6) is 1.41. The molecule has 166 valence electrons. The van der Waals surface area contributed by atoms with Crippen molar-refractivity contribution < 1.29 is 4.79 Å². The molecule has 2 fully saturated rings. The molecule has 7 nitrogen and oxygen atoms in total. The number of rotatable bonds is 6. The van der Waals surface area contributed by atoms with E-state index in [-0.39, 0.29) is 5.91 Å². The molecule has 0 atom stereocenters. The Balaban J connectivity index is 1.05. The van der Waals surface area contributed by atoms with E-state index in [1.165, 1.54) is 11.3 Å². The molecule has 6 rings (SSSR count). The summed E-state index contributed by atoms with van der Waals surface area (Å²) in [6.07, 6.45) is 9.61. The van der Waals surface area contributed by atoms with Crippen LogP contribution in [0.4, 0.5) is 10.9 Å². The van der Waals surface area contributed by atoms with Gasteiger partial charge in [-0.2, -0.15) is 0 Å². The number of nitrogens with one attached hydrogen (secondary N) is 1. The Hall–Kier alpha value is -3.52. The fourth-order valence-electron chi connectivity index (χ4n) is 5.05. The molecule has 1 amide bonds. The summed E-state index contributed by atoms with van der Waals surface area (Å²) >= 11 is 1.50. The predicted molar refractivity (Wildman–Crippen MR) is 129 cm³/mol. The number of nitrogens with zero attached hydrogens (tertiary/aromatic N) is 5. The van der Waals surface area contributed by atoms with Crippen LogP contribution >= 0.6 is 11.3 Å². The van der Waals surface area contributed by atoms with E-state index in [0.29, 0.717) is 28.7 Å². The van der Waals surface area contributed by atoms with E-state index in [9.17, 15) is 4.79 Å². The highest BCUT2D eigenvalue weighted by atomic mass is 32.1. The third kappa shape index (κ3) is 3.91. The lowest BCUT2D eigenvalue weighted by atomic mass is 9.57. The smallest absolute Gasteiger partial charge is 0.274 e. The van der Waals surface area contributed by atoms with Gasteiger partial charge in [0.25, 0.3) is 5.91 Å². The van der Waals surface area contributed by atoms with Gasteiger partial charge in [0.1, 0.15) is 11.5 Å². The zero-order valence-corrected chi connectivity index (χ0v) is 18.9. The van der Waals surface area contributed by atoms with E-state index in [1.54, 1.807) is 12.4 Å². The Morgan fingerprint density at radius 2 is 1.94 bits per heavy atom. The third-order valence-electron chi connectivity index (χ3n) is 6.71. The number of carbonyl (C=O) groups is 1. The lowest BCUT2D eigenvalue weighted by Crippen LogP contribution is -2.62. The van der Waals surface area contributed by atoms with Crippen molar-refractivity contribution in [2.75, 3.05) is 23.3 Å². The van der Waals surface area contributed by atoms with Crippen LogP contribution in [0.2, 0.25) is 0 Å². The number of pyridine rings is 2. The number of thiazole rings is 1. The molecule has 0 bridgehead atoms. The fourth-order valence-corrected chi connectivity index (χ4v) is 5.84. The molecule has 1 saturated carbocycles. The highest BCUT2D eigenvalue weighted by Crippen LogP contribution is 2.56. The Labute approximate surface area is 196 Å². The van der Waals surface area contributed by atoms with E-state index >= 15 is 0 Å². The van der Waals surface area contributed by atoms with Crippen molar-refractivity contribution in [3.63, 3.8) is 0 Å². The van der Waals surface area contributed by atoms with Crippen LogP contribution in [0, 0.1) is 5.41 Å². The second-order valence-corrected chi connectivity index (χ2v) is 9.92. The summed E-state index contributed by atoms with van der Waals surface area (Å²) in [6, 6.07) is 13.7. The molecule has 8 heteroatoms. The van der Waals surface area contributed by atoms with Gasteiger partial charge in [0.15, 0.2) is 5.13 Å². The van der Waals surface area contributed by atoms with Gasteiger partial charge in [0.05, 0.1) is 5.69 Å². The summed E-state index contributed by atoms with van der Waals surface area (Å²) in [5.41, 5.74) is 3.23. The van der Waals surface area contributed by atoms with Gasteiger partial charge in [-0.05, 0) is 54.8 Å². The molecule has 1 saturated heterocycles. The minimum absolute atomic E-state index is 0.134. The quantitative estimate of drug-likeness (QED) is 0.465. The summed E-state index contributed by atoms with van der Waals surface area (Å²) in [6.45, 7) is 2.77. The maximum absolute atomic E-state index is 12.9. The Bertz CT molecular complexity index is 1250. The minimum atomic E-state index is -0.134. The number of amides is 1. The van der Waals surface area contributed by atoms with E-state index in [2.05, 4.69) is 31.6 Å². The topological polar surface area (TPSA) is 75.9 Å². The molecule has 5 heterocycles. The molecule has 1 aliphatic heterocycles. The second kappa shape index (κ2) is 8.12. The van der Waals surface area contributed by atoms with E-state index in [0.717, 1.165) is 43.0 Å². The summed E-state index contributed by atoms with van der Waals surface area (Å²) < 4.78 is 1.94. The Morgan fingerprint density at radius 3 is 2.73 bits per heavy atom. The summed E-state index contributed by atoms with van der Waals surface area (Å²) in [4.78, 5) is 28.5. The van der Waals surface area contributed by atoms with Crippen molar-refractivity contribution in [3.05, 3.63) is 89.6 Å². The minimum Gasteiger partial charge on any atom is -0.355 e. The predicted octanol–water partition coefficient (Wildman–Crippen LogP) is 4.42. The SMILES string of the molecule is O=C(Nc1nc(C2CC3(C2)CN(c2ccccn2)C3)cs1)c1cccn1Cc1ccncc1. The first-order valence-electron chi connectivity index (χ1n) is 11.1. The van der Waals surface area contributed by atoms with Crippen LogP contribution in [-0.4, -0.2) is 38.5 Å². The van der Waals surface area contributed by atoms with Crippen LogP contribution in [-0.2, 0) is 6.54 Å². The number of aromatic nitrogens is 4.